The molecule has 0 radical (unpaired) electrons. The first-order valence-electron chi connectivity index (χ1n) is 8.51. The predicted molar refractivity (Wildman–Crippen MR) is 108 cm³/mol. The van der Waals surface area contributed by atoms with Crippen LogP contribution in [0.15, 0.2) is 48.8 Å². The number of ether oxygens (including phenoxy) is 2. The maximum absolute atomic E-state index is 11.7. The number of aromatic carboxylic acids is 1. The molecule has 30 heavy (non-hydrogen) atoms. The molecule has 0 aliphatic carbocycles. The average Bonchev–Trinajstić information content (AvgIpc) is 2.74. The van der Waals surface area contributed by atoms with Gasteiger partial charge in [0.15, 0.2) is 0 Å². The number of carbonyl (C=O) groups is 1. The first-order chi connectivity index (χ1) is 14.4. The molecule has 2 aromatic carbocycles. The molecule has 11 nitrogen and oxygen atoms in total. The molecule has 0 atom stereocenters. The third-order valence-electron chi connectivity index (χ3n) is 4.06. The van der Waals surface area contributed by atoms with Gasteiger partial charge in [0.2, 0.25) is 11.6 Å². The molecule has 1 aromatic heterocycles. The molecule has 3 rings (SSSR count). The van der Waals surface area contributed by atoms with E-state index in [0.717, 1.165) is 0 Å². The van der Waals surface area contributed by atoms with Crippen LogP contribution in [0.1, 0.15) is 10.4 Å². The molecule has 1 heterocycles. The number of rotatable bonds is 8. The fourth-order valence-electron chi connectivity index (χ4n) is 2.60. The molecule has 0 saturated heterocycles. The molecule has 0 amide bonds. The van der Waals surface area contributed by atoms with E-state index in [-0.39, 0.29) is 17.2 Å². The Balaban J connectivity index is 1.95. The highest BCUT2D eigenvalue weighted by Crippen LogP contribution is 2.36. The van der Waals surface area contributed by atoms with Gasteiger partial charge in [0.1, 0.15) is 17.8 Å². The van der Waals surface area contributed by atoms with Gasteiger partial charge in [-0.3, -0.25) is 10.1 Å². The quantitative estimate of drug-likeness (QED) is 0.371. The molecule has 3 aromatic rings. The van der Waals surface area contributed by atoms with Crippen molar-refractivity contribution in [2.24, 2.45) is 0 Å². The molecular weight excluding hydrogens is 394 g/mol. The topological polar surface area (TPSA) is 149 Å². The lowest BCUT2D eigenvalue weighted by Crippen LogP contribution is -2.06. The summed E-state index contributed by atoms with van der Waals surface area (Å²) < 4.78 is 10.4. The second kappa shape index (κ2) is 8.73. The Bertz CT molecular complexity index is 1090. The zero-order valence-electron chi connectivity index (χ0n) is 15.9. The van der Waals surface area contributed by atoms with Crippen LogP contribution in [-0.4, -0.2) is 40.2 Å². The summed E-state index contributed by atoms with van der Waals surface area (Å²) in [7, 11) is 2.97. The van der Waals surface area contributed by atoms with Crippen molar-refractivity contribution in [2.45, 2.75) is 0 Å². The lowest BCUT2D eigenvalue weighted by atomic mass is 10.2. The summed E-state index contributed by atoms with van der Waals surface area (Å²) in [6.45, 7) is 0. The summed E-state index contributed by atoms with van der Waals surface area (Å²) in [6.07, 6.45) is 1.17. The second-order valence-corrected chi connectivity index (χ2v) is 5.88. The molecular formula is C19H17N5O6. The van der Waals surface area contributed by atoms with Crippen LogP contribution < -0.4 is 20.1 Å². The van der Waals surface area contributed by atoms with Crippen LogP contribution in [0.2, 0.25) is 0 Å². The predicted octanol–water partition coefficient (Wildman–Crippen LogP) is 3.59. The molecule has 0 bridgehead atoms. The van der Waals surface area contributed by atoms with Crippen LogP contribution in [0.5, 0.6) is 11.5 Å². The summed E-state index contributed by atoms with van der Waals surface area (Å²) in [4.78, 5) is 30.0. The molecule has 0 aliphatic heterocycles. The Morgan fingerprint density at radius 2 is 1.70 bits per heavy atom. The number of nitrogens with one attached hydrogen (secondary N) is 2. The van der Waals surface area contributed by atoms with Crippen molar-refractivity contribution in [3.63, 3.8) is 0 Å². The number of nitro groups is 1. The van der Waals surface area contributed by atoms with Crippen molar-refractivity contribution in [3.8, 4) is 11.5 Å². The van der Waals surface area contributed by atoms with Crippen LogP contribution in [0.4, 0.5) is 28.7 Å². The summed E-state index contributed by atoms with van der Waals surface area (Å²) >= 11 is 0. The minimum absolute atomic E-state index is 0.0527. The number of aromatic nitrogens is 2. The van der Waals surface area contributed by atoms with E-state index in [4.69, 9.17) is 14.6 Å². The van der Waals surface area contributed by atoms with E-state index in [9.17, 15) is 14.9 Å². The Morgan fingerprint density at radius 1 is 1.03 bits per heavy atom. The third-order valence-corrected chi connectivity index (χ3v) is 4.06. The Hall–Kier alpha value is -4.41. The van der Waals surface area contributed by atoms with E-state index >= 15 is 0 Å². The van der Waals surface area contributed by atoms with Gasteiger partial charge in [0.05, 0.1) is 30.4 Å². The van der Waals surface area contributed by atoms with E-state index < -0.39 is 16.6 Å². The average molecular weight is 411 g/mol. The molecule has 11 heteroatoms. The highest BCUT2D eigenvalue weighted by molar-refractivity contribution is 5.88. The number of methoxy groups -OCH3 is 2. The van der Waals surface area contributed by atoms with E-state index in [2.05, 4.69) is 20.6 Å². The van der Waals surface area contributed by atoms with Gasteiger partial charge in [-0.1, -0.05) is 0 Å². The van der Waals surface area contributed by atoms with Crippen molar-refractivity contribution < 1.29 is 24.3 Å². The van der Waals surface area contributed by atoms with Gasteiger partial charge >= 0.3 is 11.7 Å². The van der Waals surface area contributed by atoms with Gasteiger partial charge in [-0.25, -0.2) is 14.8 Å². The standard InChI is InChI=1S/C19H17N5O6/c1-29-13-7-8-14(15(9-13)30-2)23-18-16(24(27)28)17(20-10-21-18)22-12-5-3-11(4-6-12)19(25)26/h3-10H,1-2H3,(H,25,26)(H2,20,21,22,23). The zero-order valence-corrected chi connectivity index (χ0v) is 15.9. The van der Waals surface area contributed by atoms with Gasteiger partial charge in [0.25, 0.3) is 0 Å². The van der Waals surface area contributed by atoms with Crippen LogP contribution >= 0.6 is 0 Å². The number of hydrogen-bond acceptors (Lipinski definition) is 9. The maximum atomic E-state index is 11.7. The molecule has 0 unspecified atom stereocenters. The van der Waals surface area contributed by atoms with E-state index in [1.165, 1.54) is 44.8 Å². The van der Waals surface area contributed by atoms with Crippen LogP contribution in [0.25, 0.3) is 0 Å². The van der Waals surface area contributed by atoms with E-state index in [1.807, 2.05) is 0 Å². The van der Waals surface area contributed by atoms with Crippen molar-refractivity contribution in [2.75, 3.05) is 24.9 Å². The zero-order chi connectivity index (χ0) is 21.7. The molecule has 154 valence electrons. The second-order valence-electron chi connectivity index (χ2n) is 5.88. The van der Waals surface area contributed by atoms with Gasteiger partial charge in [-0.15, -0.1) is 0 Å². The molecule has 0 fully saturated rings. The monoisotopic (exact) mass is 411 g/mol. The fourth-order valence-corrected chi connectivity index (χ4v) is 2.60. The first-order valence-corrected chi connectivity index (χ1v) is 8.51. The van der Waals surface area contributed by atoms with Crippen LogP contribution in [-0.2, 0) is 0 Å². The van der Waals surface area contributed by atoms with Crippen molar-refractivity contribution >= 4 is 34.7 Å². The van der Waals surface area contributed by atoms with Crippen molar-refractivity contribution in [1.29, 1.82) is 0 Å². The Kier molecular flexibility index (Phi) is 5.92. The number of hydrogen-bond donors (Lipinski definition) is 3. The van der Waals surface area contributed by atoms with Gasteiger partial charge in [0, 0.05) is 11.8 Å². The summed E-state index contributed by atoms with van der Waals surface area (Å²) in [5.41, 5.74) is 0.566. The van der Waals surface area contributed by atoms with Crippen molar-refractivity contribution in [1.82, 2.24) is 9.97 Å². The molecule has 3 N–H and O–H groups in total. The SMILES string of the molecule is COc1ccc(Nc2ncnc(Nc3ccc(C(=O)O)cc3)c2[N+](=O)[O-])c(OC)c1. The lowest BCUT2D eigenvalue weighted by Gasteiger charge is -2.13. The fraction of sp³-hybridized carbons (Fsp3) is 0.105. The van der Waals surface area contributed by atoms with Crippen LogP contribution in [0, 0.1) is 10.1 Å². The van der Waals surface area contributed by atoms with Crippen molar-refractivity contribution in [3.05, 3.63) is 64.5 Å². The Labute approximate surface area is 170 Å². The van der Waals surface area contributed by atoms with E-state index in [0.29, 0.717) is 22.9 Å². The van der Waals surface area contributed by atoms with E-state index in [1.54, 1.807) is 18.2 Å². The highest BCUT2D eigenvalue weighted by Gasteiger charge is 2.24. The number of carboxylic acids is 1. The molecule has 0 saturated carbocycles. The number of benzene rings is 2. The van der Waals surface area contributed by atoms with Gasteiger partial charge < -0.3 is 25.2 Å². The minimum atomic E-state index is -1.07. The minimum Gasteiger partial charge on any atom is -0.497 e. The molecule has 0 aliphatic rings. The third kappa shape index (κ3) is 4.35. The molecule has 0 spiro atoms. The summed E-state index contributed by atoms with van der Waals surface area (Å²) in [6, 6.07) is 10.6. The number of carboxylic acid groups (broad SMARTS) is 1. The highest BCUT2D eigenvalue weighted by atomic mass is 16.6. The number of nitrogens with zero attached hydrogens (tertiary/aromatic N) is 3. The lowest BCUT2D eigenvalue weighted by molar-refractivity contribution is -0.383. The van der Waals surface area contributed by atoms with Gasteiger partial charge in [-0.05, 0) is 36.4 Å². The van der Waals surface area contributed by atoms with Gasteiger partial charge in [-0.2, -0.15) is 0 Å². The largest absolute Gasteiger partial charge is 0.497 e. The van der Waals surface area contributed by atoms with Crippen LogP contribution in [0.3, 0.4) is 0 Å². The Morgan fingerprint density at radius 3 is 2.27 bits per heavy atom. The first kappa shape index (κ1) is 20.3. The normalized spacial score (nSPS) is 10.2. The smallest absolute Gasteiger partial charge is 0.353 e. The maximum Gasteiger partial charge on any atom is 0.353 e. The summed E-state index contributed by atoms with van der Waals surface area (Å²) in [5.74, 6) is -0.228. The summed E-state index contributed by atoms with van der Waals surface area (Å²) in [5, 5.41) is 26.4. The number of anilines is 4.